The second-order valence-electron chi connectivity index (χ2n) is 6.39. The van der Waals surface area contributed by atoms with Gasteiger partial charge in [-0.15, -0.1) is 0 Å². The van der Waals surface area contributed by atoms with E-state index in [0.717, 1.165) is 5.56 Å². The molecule has 132 valence electrons. The predicted octanol–water partition coefficient (Wildman–Crippen LogP) is 2.84. The van der Waals surface area contributed by atoms with Crippen molar-refractivity contribution in [2.45, 2.75) is 26.2 Å². The minimum atomic E-state index is -1.29. The monoisotopic (exact) mass is 354 g/mol. The van der Waals surface area contributed by atoms with Gasteiger partial charge in [0, 0.05) is 31.1 Å². The molecular formula is C19H14O7. The minimum absolute atomic E-state index is 0.247. The van der Waals surface area contributed by atoms with Crippen LogP contribution in [0.4, 0.5) is 0 Å². The molecule has 7 heteroatoms. The average molecular weight is 354 g/mol. The van der Waals surface area contributed by atoms with Gasteiger partial charge in [0.2, 0.25) is 0 Å². The first-order valence-corrected chi connectivity index (χ1v) is 7.91. The number of hydrogen-bond acceptors (Lipinski definition) is 7. The Morgan fingerprint density at radius 3 is 2.42 bits per heavy atom. The van der Waals surface area contributed by atoms with Crippen molar-refractivity contribution in [1.29, 1.82) is 0 Å². The number of ether oxygens (including phenoxy) is 3. The standard InChI is InChI=1S/C19H14O7/c1-19(2)25-17(21)14(18(22)26-19)8-12-5-6-15(24-12)10-3-4-11-9-23-16(20)13(11)7-10/h3-8H,9H2,1-2H3. The lowest BCUT2D eigenvalue weighted by Crippen LogP contribution is -2.41. The Bertz CT molecular complexity index is 956. The SMILES string of the molecule is CC1(C)OC(=O)C(=Cc2ccc(-c3ccc4c(c3)C(=O)OC4)o2)C(=O)O1. The third-order valence-corrected chi connectivity index (χ3v) is 4.00. The van der Waals surface area contributed by atoms with E-state index in [1.807, 2.05) is 6.07 Å². The molecule has 1 aromatic carbocycles. The number of carbonyl (C=O) groups excluding carboxylic acids is 3. The fraction of sp³-hybridized carbons (Fsp3) is 0.211. The van der Waals surface area contributed by atoms with Crippen molar-refractivity contribution in [2.75, 3.05) is 0 Å². The first kappa shape index (κ1) is 16.1. The van der Waals surface area contributed by atoms with Crippen LogP contribution in [0.5, 0.6) is 0 Å². The molecule has 2 aromatic rings. The van der Waals surface area contributed by atoms with Crippen LogP contribution in [-0.4, -0.2) is 23.7 Å². The van der Waals surface area contributed by atoms with Gasteiger partial charge >= 0.3 is 17.9 Å². The molecule has 1 aromatic heterocycles. The van der Waals surface area contributed by atoms with Crippen LogP contribution in [0.25, 0.3) is 17.4 Å². The van der Waals surface area contributed by atoms with Gasteiger partial charge in [0.1, 0.15) is 23.7 Å². The molecule has 0 amide bonds. The molecule has 0 unspecified atom stereocenters. The van der Waals surface area contributed by atoms with Crippen LogP contribution in [0.3, 0.4) is 0 Å². The van der Waals surface area contributed by atoms with E-state index in [4.69, 9.17) is 18.6 Å². The van der Waals surface area contributed by atoms with Crippen molar-refractivity contribution in [3.8, 4) is 11.3 Å². The van der Waals surface area contributed by atoms with Crippen LogP contribution in [0.15, 0.2) is 40.3 Å². The summed E-state index contributed by atoms with van der Waals surface area (Å²) in [6.07, 6.45) is 1.27. The summed E-state index contributed by atoms with van der Waals surface area (Å²) < 4.78 is 20.7. The van der Waals surface area contributed by atoms with Crippen LogP contribution in [0, 0.1) is 0 Å². The molecule has 0 N–H and O–H groups in total. The maximum atomic E-state index is 12.0. The van der Waals surface area contributed by atoms with Gasteiger partial charge in [-0.05, 0) is 18.2 Å². The van der Waals surface area contributed by atoms with E-state index in [2.05, 4.69) is 0 Å². The lowest BCUT2D eigenvalue weighted by molar-refractivity contribution is -0.222. The second-order valence-corrected chi connectivity index (χ2v) is 6.39. The molecule has 0 atom stereocenters. The fourth-order valence-corrected chi connectivity index (χ4v) is 2.77. The number of rotatable bonds is 2. The van der Waals surface area contributed by atoms with E-state index in [-0.39, 0.29) is 23.9 Å². The van der Waals surface area contributed by atoms with Crippen molar-refractivity contribution in [2.24, 2.45) is 0 Å². The average Bonchev–Trinajstić information content (AvgIpc) is 3.17. The normalized spacial score (nSPS) is 18.1. The Labute approximate surface area is 148 Å². The number of benzene rings is 1. The zero-order valence-corrected chi connectivity index (χ0v) is 14.0. The Morgan fingerprint density at radius 2 is 1.69 bits per heavy atom. The smallest absolute Gasteiger partial charge is 0.348 e. The molecule has 2 aliphatic heterocycles. The maximum absolute atomic E-state index is 12.0. The molecule has 7 nitrogen and oxygen atoms in total. The van der Waals surface area contributed by atoms with E-state index < -0.39 is 17.7 Å². The Morgan fingerprint density at radius 1 is 0.962 bits per heavy atom. The first-order chi connectivity index (χ1) is 12.3. The highest BCUT2D eigenvalue weighted by atomic mass is 16.7. The van der Waals surface area contributed by atoms with Crippen LogP contribution in [-0.2, 0) is 30.4 Å². The van der Waals surface area contributed by atoms with E-state index in [1.54, 1.807) is 24.3 Å². The number of fused-ring (bicyclic) bond motifs is 1. The highest BCUT2D eigenvalue weighted by molar-refractivity contribution is 6.18. The number of furan rings is 1. The number of cyclic esters (lactones) is 3. The third-order valence-electron chi connectivity index (χ3n) is 4.00. The molecule has 0 spiro atoms. The van der Waals surface area contributed by atoms with Crippen LogP contribution in [0.2, 0.25) is 0 Å². The predicted molar refractivity (Wildman–Crippen MR) is 87.5 cm³/mol. The van der Waals surface area contributed by atoms with Crippen molar-refractivity contribution < 1.29 is 33.0 Å². The summed E-state index contributed by atoms with van der Waals surface area (Å²) in [5.74, 6) is -2.44. The van der Waals surface area contributed by atoms with Crippen molar-refractivity contribution >= 4 is 24.0 Å². The number of esters is 3. The van der Waals surface area contributed by atoms with Gasteiger partial charge in [0.25, 0.3) is 5.79 Å². The molecule has 0 saturated carbocycles. The van der Waals surface area contributed by atoms with Crippen LogP contribution in [0.1, 0.15) is 35.5 Å². The molecule has 1 fully saturated rings. The lowest BCUT2D eigenvalue weighted by atomic mass is 10.0. The lowest BCUT2D eigenvalue weighted by Gasteiger charge is -2.29. The minimum Gasteiger partial charge on any atom is -0.457 e. The topological polar surface area (TPSA) is 92.0 Å². The van der Waals surface area contributed by atoms with Crippen LogP contribution >= 0.6 is 0 Å². The molecule has 0 aliphatic carbocycles. The fourth-order valence-electron chi connectivity index (χ4n) is 2.77. The van der Waals surface area contributed by atoms with Gasteiger partial charge in [-0.3, -0.25) is 0 Å². The summed E-state index contributed by atoms with van der Waals surface area (Å²) in [6, 6.07) is 8.58. The van der Waals surface area contributed by atoms with E-state index in [1.165, 1.54) is 19.9 Å². The van der Waals surface area contributed by atoms with Gasteiger partial charge in [-0.1, -0.05) is 12.1 Å². The first-order valence-electron chi connectivity index (χ1n) is 7.91. The Hall–Kier alpha value is -3.35. The van der Waals surface area contributed by atoms with Gasteiger partial charge in [-0.2, -0.15) is 0 Å². The zero-order chi connectivity index (χ0) is 18.5. The molecule has 26 heavy (non-hydrogen) atoms. The van der Waals surface area contributed by atoms with E-state index in [9.17, 15) is 14.4 Å². The summed E-state index contributed by atoms with van der Waals surface area (Å²) in [5.41, 5.74) is 1.76. The van der Waals surface area contributed by atoms with Gasteiger partial charge < -0.3 is 18.6 Å². The summed E-state index contributed by atoms with van der Waals surface area (Å²) in [5, 5.41) is 0. The molecular weight excluding hydrogens is 340 g/mol. The Balaban J connectivity index is 1.63. The largest absolute Gasteiger partial charge is 0.457 e. The van der Waals surface area contributed by atoms with Gasteiger partial charge in [0.05, 0.1) is 5.56 Å². The summed E-state index contributed by atoms with van der Waals surface area (Å²) in [4.78, 5) is 35.6. The summed E-state index contributed by atoms with van der Waals surface area (Å²) in [6.45, 7) is 3.22. The molecule has 2 aliphatic rings. The van der Waals surface area contributed by atoms with Gasteiger partial charge in [-0.25, -0.2) is 14.4 Å². The van der Waals surface area contributed by atoms with Gasteiger partial charge in [0.15, 0.2) is 0 Å². The molecule has 3 heterocycles. The third kappa shape index (κ3) is 2.77. The number of carbonyl (C=O) groups is 3. The molecule has 4 rings (SSSR count). The van der Waals surface area contributed by atoms with Crippen molar-refractivity contribution in [3.05, 3.63) is 52.8 Å². The molecule has 1 saturated heterocycles. The summed E-state index contributed by atoms with van der Waals surface area (Å²) >= 11 is 0. The van der Waals surface area contributed by atoms with Crippen LogP contribution < -0.4 is 0 Å². The highest BCUT2D eigenvalue weighted by Crippen LogP contribution is 2.30. The Kier molecular flexibility index (Phi) is 3.47. The maximum Gasteiger partial charge on any atom is 0.348 e. The second kappa shape index (κ2) is 5.59. The van der Waals surface area contributed by atoms with E-state index >= 15 is 0 Å². The van der Waals surface area contributed by atoms with Crippen molar-refractivity contribution in [3.63, 3.8) is 0 Å². The van der Waals surface area contributed by atoms with E-state index in [0.29, 0.717) is 16.9 Å². The van der Waals surface area contributed by atoms with Crippen molar-refractivity contribution in [1.82, 2.24) is 0 Å². The zero-order valence-electron chi connectivity index (χ0n) is 14.0. The summed E-state index contributed by atoms with van der Waals surface area (Å²) in [7, 11) is 0. The quantitative estimate of drug-likeness (QED) is 0.465. The number of hydrogen-bond donors (Lipinski definition) is 0. The highest BCUT2D eigenvalue weighted by Gasteiger charge is 2.39. The molecule has 0 bridgehead atoms. The molecule has 0 radical (unpaired) electrons.